The smallest absolute Gasteiger partial charge is 0.341 e. The molecule has 2 heterocycles. The third-order valence-corrected chi connectivity index (χ3v) is 9.11. The highest BCUT2D eigenvalue weighted by atomic mass is 32.1. The summed E-state index contributed by atoms with van der Waals surface area (Å²) in [6.45, 7) is 1.51. The van der Waals surface area contributed by atoms with Crippen LogP contribution in [0.1, 0.15) is 38.8 Å². The van der Waals surface area contributed by atoms with Crippen molar-refractivity contribution in [1.29, 1.82) is 0 Å². The number of carbonyl (C=O) groups is 3. The molecule has 1 atom stereocenters. The molecule has 2 aromatic heterocycles. The number of rotatable bonds is 6. The number of benzene rings is 3. The van der Waals surface area contributed by atoms with Crippen molar-refractivity contribution in [3.63, 3.8) is 0 Å². The van der Waals surface area contributed by atoms with Gasteiger partial charge in [-0.05, 0) is 54.7 Å². The van der Waals surface area contributed by atoms with Crippen LogP contribution in [0.25, 0.3) is 31.2 Å². The van der Waals surface area contributed by atoms with Crippen LogP contribution in [0.3, 0.4) is 0 Å². The summed E-state index contributed by atoms with van der Waals surface area (Å²) >= 11 is 2.81. The zero-order chi connectivity index (χ0) is 27.8. The Balaban J connectivity index is 1.24. The molecule has 1 aliphatic carbocycles. The van der Waals surface area contributed by atoms with Gasteiger partial charge in [0.25, 0.3) is 5.91 Å². The Morgan fingerprint density at radius 1 is 0.875 bits per heavy atom. The topological polar surface area (TPSA) is 94.6 Å². The van der Waals surface area contributed by atoms with Crippen LogP contribution in [0.5, 0.6) is 0 Å². The third kappa shape index (κ3) is 4.67. The number of anilines is 1. The number of aromatic nitrogens is 1. The average molecular weight is 569 g/mol. The van der Waals surface area contributed by atoms with Crippen LogP contribution < -0.4 is 5.32 Å². The van der Waals surface area contributed by atoms with Gasteiger partial charge in [0.15, 0.2) is 6.10 Å². The minimum Gasteiger partial charge on any atom is -0.465 e. The molecule has 1 amide bonds. The van der Waals surface area contributed by atoms with Crippen LogP contribution in [0.4, 0.5) is 5.00 Å². The fourth-order valence-electron chi connectivity index (χ4n) is 4.87. The molecule has 0 saturated heterocycles. The summed E-state index contributed by atoms with van der Waals surface area (Å²) < 4.78 is 11.7. The number of hydrogen-bond acceptors (Lipinski definition) is 8. The van der Waals surface area contributed by atoms with Crippen molar-refractivity contribution in [2.24, 2.45) is 0 Å². The van der Waals surface area contributed by atoms with Gasteiger partial charge in [0, 0.05) is 10.4 Å². The van der Waals surface area contributed by atoms with Crippen LogP contribution in [0.15, 0.2) is 72.8 Å². The maximum Gasteiger partial charge on any atom is 0.341 e. The van der Waals surface area contributed by atoms with Gasteiger partial charge in [-0.1, -0.05) is 54.6 Å². The van der Waals surface area contributed by atoms with Crippen molar-refractivity contribution >= 4 is 55.7 Å². The molecular weight excluding hydrogens is 544 g/mol. The van der Waals surface area contributed by atoms with Gasteiger partial charge in [-0.2, -0.15) is 0 Å². The minimum atomic E-state index is -1.12. The van der Waals surface area contributed by atoms with Gasteiger partial charge < -0.3 is 14.8 Å². The number of amides is 1. The first kappa shape index (κ1) is 25.9. The van der Waals surface area contributed by atoms with E-state index in [9.17, 15) is 14.4 Å². The highest BCUT2D eigenvalue weighted by Gasteiger charge is 2.31. The van der Waals surface area contributed by atoms with Crippen molar-refractivity contribution in [1.82, 2.24) is 4.98 Å². The van der Waals surface area contributed by atoms with Gasteiger partial charge in [-0.3, -0.25) is 4.79 Å². The average Bonchev–Trinajstić information content (AvgIpc) is 3.58. The number of aryl methyl sites for hydroxylation is 1. The number of ether oxygens (including phenoxy) is 2. The fourth-order valence-corrected chi connectivity index (χ4v) is 7.18. The number of nitrogens with one attached hydrogen (secondary N) is 1. The molecule has 7 nitrogen and oxygen atoms in total. The summed E-state index contributed by atoms with van der Waals surface area (Å²) in [6, 6.07) is 22.9. The van der Waals surface area contributed by atoms with Gasteiger partial charge in [0.2, 0.25) is 0 Å². The van der Waals surface area contributed by atoms with Crippen molar-refractivity contribution in [2.45, 2.75) is 25.9 Å². The maximum absolute atomic E-state index is 13.2. The van der Waals surface area contributed by atoms with Crippen LogP contribution in [0, 0.1) is 0 Å². The highest BCUT2D eigenvalue weighted by molar-refractivity contribution is 7.21. The van der Waals surface area contributed by atoms with E-state index in [1.165, 1.54) is 42.3 Å². The molecule has 0 fully saturated rings. The number of methoxy groups -OCH3 is 1. The molecule has 0 aliphatic heterocycles. The summed E-state index contributed by atoms with van der Waals surface area (Å²) in [5, 5.41) is 3.90. The quantitative estimate of drug-likeness (QED) is 0.228. The number of para-hydroxylation sites is 1. The fraction of sp³-hybridized carbons (Fsp3) is 0.161. The van der Waals surface area contributed by atoms with Gasteiger partial charge in [0.1, 0.15) is 10.0 Å². The molecule has 6 rings (SSSR count). The highest BCUT2D eigenvalue weighted by Crippen LogP contribution is 2.45. The second-order valence-electron chi connectivity index (χ2n) is 9.33. The monoisotopic (exact) mass is 568 g/mol. The number of thiazole rings is 1. The zero-order valence-corrected chi connectivity index (χ0v) is 23.4. The lowest BCUT2D eigenvalue weighted by Crippen LogP contribution is -2.30. The SMILES string of the molecule is COC(=O)c1c(NC(=O)C(C)OC(=O)c2ccccc2-c2nc3ccccc3s2)sc2c1CCc1ccccc1-2. The summed E-state index contributed by atoms with van der Waals surface area (Å²) in [7, 11) is 1.32. The van der Waals surface area contributed by atoms with E-state index in [4.69, 9.17) is 9.47 Å². The molecule has 0 saturated carbocycles. The number of thiophene rings is 1. The molecule has 1 unspecified atom stereocenters. The predicted molar refractivity (Wildman–Crippen MR) is 157 cm³/mol. The van der Waals surface area contributed by atoms with Crippen LogP contribution in [-0.2, 0) is 27.1 Å². The molecule has 0 spiro atoms. The molecule has 1 aliphatic rings. The van der Waals surface area contributed by atoms with E-state index in [0.29, 0.717) is 33.1 Å². The molecule has 40 heavy (non-hydrogen) atoms. The normalized spacial score (nSPS) is 12.8. The Kier molecular flexibility index (Phi) is 6.91. The number of hydrogen-bond donors (Lipinski definition) is 1. The molecule has 3 aromatic carbocycles. The van der Waals surface area contributed by atoms with E-state index in [1.807, 2.05) is 54.6 Å². The Morgan fingerprint density at radius 2 is 1.60 bits per heavy atom. The van der Waals surface area contributed by atoms with Crippen LogP contribution in [0.2, 0.25) is 0 Å². The zero-order valence-electron chi connectivity index (χ0n) is 21.7. The van der Waals surface area contributed by atoms with Crippen LogP contribution >= 0.6 is 22.7 Å². The summed E-state index contributed by atoms with van der Waals surface area (Å²) in [6.07, 6.45) is 0.336. The standard InChI is InChI=1S/C31H24N2O5S2/c1-17(38-30(35)21-12-6-5-11-20(21)28-32-23-13-7-8-14-24(23)39-28)27(34)33-29-25(31(36)37-2)22-16-15-18-9-3-4-10-19(18)26(22)40-29/h3-14,17H,15-16H2,1-2H3,(H,33,34). The Labute approximate surface area is 238 Å². The lowest BCUT2D eigenvalue weighted by molar-refractivity contribution is -0.123. The maximum atomic E-state index is 13.2. The minimum absolute atomic E-state index is 0.319. The number of esters is 2. The summed E-state index contributed by atoms with van der Waals surface area (Å²) in [5.41, 5.74) is 5.26. The predicted octanol–water partition coefficient (Wildman–Crippen LogP) is 6.76. The molecular formula is C31H24N2O5S2. The molecule has 5 aromatic rings. The summed E-state index contributed by atoms with van der Waals surface area (Å²) in [5.74, 6) is -1.69. The first-order valence-electron chi connectivity index (χ1n) is 12.7. The number of nitrogens with zero attached hydrogens (tertiary/aromatic N) is 1. The van der Waals surface area contributed by atoms with Crippen molar-refractivity contribution < 1.29 is 23.9 Å². The van der Waals surface area contributed by atoms with E-state index in [1.54, 1.807) is 12.1 Å². The Morgan fingerprint density at radius 3 is 2.40 bits per heavy atom. The first-order chi connectivity index (χ1) is 19.4. The van der Waals surface area contributed by atoms with E-state index in [-0.39, 0.29) is 0 Å². The molecule has 1 N–H and O–H groups in total. The lowest BCUT2D eigenvalue weighted by atomic mass is 9.89. The summed E-state index contributed by atoms with van der Waals surface area (Å²) in [4.78, 5) is 44.8. The van der Waals surface area contributed by atoms with E-state index in [0.717, 1.165) is 32.6 Å². The molecule has 9 heteroatoms. The van der Waals surface area contributed by atoms with Crippen molar-refractivity contribution in [3.8, 4) is 21.0 Å². The van der Waals surface area contributed by atoms with E-state index >= 15 is 0 Å². The van der Waals surface area contributed by atoms with Crippen molar-refractivity contribution in [3.05, 3.63) is 95.1 Å². The van der Waals surface area contributed by atoms with Gasteiger partial charge in [-0.25, -0.2) is 14.6 Å². The molecule has 0 bridgehead atoms. The number of fused-ring (bicyclic) bond motifs is 4. The Hall–Kier alpha value is -4.34. The molecule has 200 valence electrons. The van der Waals surface area contributed by atoms with E-state index in [2.05, 4.69) is 16.4 Å². The number of carbonyl (C=O) groups excluding carboxylic acids is 3. The second kappa shape index (κ2) is 10.7. The first-order valence-corrected chi connectivity index (χ1v) is 14.4. The lowest BCUT2D eigenvalue weighted by Gasteiger charge is -2.16. The van der Waals surface area contributed by atoms with Crippen LogP contribution in [-0.4, -0.2) is 36.0 Å². The van der Waals surface area contributed by atoms with E-state index < -0.39 is 23.9 Å². The third-order valence-electron chi connectivity index (χ3n) is 6.86. The second-order valence-corrected chi connectivity index (χ2v) is 11.4. The molecule has 0 radical (unpaired) electrons. The van der Waals surface area contributed by atoms with Gasteiger partial charge in [-0.15, -0.1) is 22.7 Å². The van der Waals surface area contributed by atoms with Crippen molar-refractivity contribution in [2.75, 3.05) is 12.4 Å². The van der Waals surface area contributed by atoms with Gasteiger partial charge >= 0.3 is 11.9 Å². The largest absolute Gasteiger partial charge is 0.465 e. The van der Waals surface area contributed by atoms with Gasteiger partial charge in [0.05, 0.1) is 28.5 Å². The Bertz CT molecular complexity index is 1750.